The fourth-order valence-corrected chi connectivity index (χ4v) is 2.92. The summed E-state index contributed by atoms with van der Waals surface area (Å²) in [6, 6.07) is 13.8. The smallest absolute Gasteiger partial charge is 0.269 e. The largest absolute Gasteiger partial charge is 0.369 e. The highest BCUT2D eigenvalue weighted by molar-refractivity contribution is 5.94. The van der Waals surface area contributed by atoms with Crippen molar-refractivity contribution < 1.29 is 9.72 Å². The Bertz CT molecular complexity index is 772. The second-order valence-corrected chi connectivity index (χ2v) is 6.47. The van der Waals surface area contributed by atoms with Crippen LogP contribution in [-0.4, -0.2) is 23.4 Å². The van der Waals surface area contributed by atoms with Gasteiger partial charge in [-0.15, -0.1) is 0 Å². The minimum atomic E-state index is -0.440. The Hall–Kier alpha value is -2.89. The highest BCUT2D eigenvalue weighted by atomic mass is 16.6. The van der Waals surface area contributed by atoms with Crippen molar-refractivity contribution in [2.24, 2.45) is 0 Å². The number of rotatable bonds is 7. The van der Waals surface area contributed by atoms with E-state index in [4.69, 9.17) is 0 Å². The Morgan fingerprint density at radius 1 is 1.15 bits per heavy atom. The number of carbonyl (C=O) groups excluding carboxylic acids is 1. The summed E-state index contributed by atoms with van der Waals surface area (Å²) in [7, 11) is 0. The third-order valence-corrected chi connectivity index (χ3v) is 4.35. The lowest BCUT2D eigenvalue weighted by molar-refractivity contribution is -0.384. The molecule has 2 aromatic rings. The average molecular weight is 355 g/mol. The van der Waals surface area contributed by atoms with Crippen LogP contribution in [0.3, 0.4) is 0 Å². The molecule has 6 nitrogen and oxygen atoms in total. The summed E-state index contributed by atoms with van der Waals surface area (Å²) in [6.45, 7) is 9.06. The van der Waals surface area contributed by atoms with E-state index in [2.05, 4.69) is 31.0 Å². The van der Waals surface area contributed by atoms with Crippen molar-refractivity contribution in [2.75, 3.05) is 11.4 Å². The maximum absolute atomic E-state index is 12.5. The summed E-state index contributed by atoms with van der Waals surface area (Å²) in [5.41, 5.74) is 2.35. The molecule has 0 heterocycles. The minimum Gasteiger partial charge on any atom is -0.369 e. The molecule has 0 aliphatic rings. The number of benzene rings is 2. The summed E-state index contributed by atoms with van der Waals surface area (Å²) in [6.07, 6.45) is 0. The normalized spacial score (nSPS) is 11.9. The van der Waals surface area contributed by atoms with Crippen molar-refractivity contribution in [3.63, 3.8) is 0 Å². The molecule has 1 atom stereocenters. The number of anilines is 1. The van der Waals surface area contributed by atoms with Crippen molar-refractivity contribution in [2.45, 2.75) is 39.8 Å². The first-order valence-electron chi connectivity index (χ1n) is 8.75. The number of amides is 1. The molecular formula is C20H25N3O3. The predicted octanol–water partition coefficient (Wildman–Crippen LogP) is 4.32. The third kappa shape index (κ3) is 4.59. The van der Waals surface area contributed by atoms with Crippen molar-refractivity contribution in [1.82, 2.24) is 5.32 Å². The van der Waals surface area contributed by atoms with Crippen LogP contribution in [0.25, 0.3) is 0 Å². The van der Waals surface area contributed by atoms with Crippen LogP contribution in [0.1, 0.15) is 49.7 Å². The first-order chi connectivity index (χ1) is 12.3. The molecule has 0 spiro atoms. The SMILES string of the molecule is CCN(c1ccc(C(=O)NC(C)c2cccc([N+](=O)[O-])c2)cc1)C(C)C. The molecule has 0 fully saturated rings. The van der Waals surface area contributed by atoms with Gasteiger partial charge in [-0.25, -0.2) is 0 Å². The Morgan fingerprint density at radius 3 is 2.35 bits per heavy atom. The molecule has 1 N–H and O–H groups in total. The van der Waals surface area contributed by atoms with E-state index < -0.39 is 4.92 Å². The Kier molecular flexibility index (Phi) is 6.33. The first-order valence-corrected chi connectivity index (χ1v) is 8.75. The van der Waals surface area contributed by atoms with E-state index in [0.29, 0.717) is 17.2 Å². The molecule has 26 heavy (non-hydrogen) atoms. The Morgan fingerprint density at radius 2 is 1.81 bits per heavy atom. The van der Waals surface area contributed by atoms with Crippen LogP contribution < -0.4 is 10.2 Å². The van der Waals surface area contributed by atoms with E-state index >= 15 is 0 Å². The number of hydrogen-bond donors (Lipinski definition) is 1. The molecule has 2 rings (SSSR count). The van der Waals surface area contributed by atoms with Gasteiger partial charge in [0, 0.05) is 36.0 Å². The molecule has 0 aliphatic heterocycles. The van der Waals surface area contributed by atoms with E-state index in [9.17, 15) is 14.9 Å². The summed E-state index contributed by atoms with van der Waals surface area (Å²) >= 11 is 0. The number of nitro benzene ring substituents is 1. The zero-order chi connectivity index (χ0) is 19.3. The summed E-state index contributed by atoms with van der Waals surface area (Å²) in [5, 5.41) is 13.8. The monoisotopic (exact) mass is 355 g/mol. The maximum atomic E-state index is 12.5. The fourth-order valence-electron chi connectivity index (χ4n) is 2.92. The Labute approximate surface area is 154 Å². The zero-order valence-corrected chi connectivity index (χ0v) is 15.6. The van der Waals surface area contributed by atoms with Gasteiger partial charge < -0.3 is 10.2 Å². The topological polar surface area (TPSA) is 75.5 Å². The molecule has 0 saturated heterocycles. The molecule has 0 saturated carbocycles. The lowest BCUT2D eigenvalue weighted by Crippen LogP contribution is -2.30. The molecule has 1 unspecified atom stereocenters. The van der Waals surface area contributed by atoms with E-state index in [1.807, 2.05) is 19.1 Å². The van der Waals surface area contributed by atoms with Gasteiger partial charge in [0.25, 0.3) is 11.6 Å². The predicted molar refractivity (Wildman–Crippen MR) is 104 cm³/mol. The lowest BCUT2D eigenvalue weighted by Gasteiger charge is -2.27. The number of nitrogens with zero attached hydrogens (tertiary/aromatic N) is 2. The van der Waals surface area contributed by atoms with Gasteiger partial charge in [-0.2, -0.15) is 0 Å². The quantitative estimate of drug-likeness (QED) is 0.593. The summed E-state index contributed by atoms with van der Waals surface area (Å²) in [5.74, 6) is -0.205. The Balaban J connectivity index is 2.09. The first kappa shape index (κ1) is 19.4. The fraction of sp³-hybridized carbons (Fsp3) is 0.350. The molecule has 0 aliphatic carbocycles. The molecule has 2 aromatic carbocycles. The number of nitro groups is 1. The lowest BCUT2D eigenvalue weighted by atomic mass is 10.1. The van der Waals surface area contributed by atoms with Gasteiger partial charge in [-0.05, 0) is 57.5 Å². The zero-order valence-electron chi connectivity index (χ0n) is 15.6. The molecular weight excluding hydrogens is 330 g/mol. The number of nitrogens with one attached hydrogen (secondary N) is 1. The van der Waals surface area contributed by atoms with Crippen LogP contribution in [0.15, 0.2) is 48.5 Å². The van der Waals surface area contributed by atoms with Crippen molar-refractivity contribution in [3.8, 4) is 0 Å². The molecule has 138 valence electrons. The summed E-state index contributed by atoms with van der Waals surface area (Å²) in [4.78, 5) is 25.2. The van der Waals surface area contributed by atoms with Crippen LogP contribution >= 0.6 is 0 Å². The molecule has 0 bridgehead atoms. The molecule has 1 amide bonds. The van der Waals surface area contributed by atoms with Gasteiger partial charge in [0.2, 0.25) is 0 Å². The highest BCUT2D eigenvalue weighted by Gasteiger charge is 2.15. The van der Waals surface area contributed by atoms with Crippen LogP contribution in [-0.2, 0) is 0 Å². The second-order valence-electron chi connectivity index (χ2n) is 6.47. The van der Waals surface area contributed by atoms with E-state index in [-0.39, 0.29) is 17.6 Å². The molecule has 0 aromatic heterocycles. The number of hydrogen-bond acceptors (Lipinski definition) is 4. The van der Waals surface area contributed by atoms with Crippen molar-refractivity contribution in [1.29, 1.82) is 0 Å². The number of non-ortho nitro benzene ring substituents is 1. The van der Waals surface area contributed by atoms with Crippen LogP contribution in [0.5, 0.6) is 0 Å². The molecule has 0 radical (unpaired) electrons. The van der Waals surface area contributed by atoms with Gasteiger partial charge >= 0.3 is 0 Å². The van der Waals surface area contributed by atoms with Gasteiger partial charge in [-0.3, -0.25) is 14.9 Å². The van der Waals surface area contributed by atoms with Crippen molar-refractivity contribution >= 4 is 17.3 Å². The van der Waals surface area contributed by atoms with Gasteiger partial charge in [-0.1, -0.05) is 12.1 Å². The summed E-state index contributed by atoms with van der Waals surface area (Å²) < 4.78 is 0. The number of carbonyl (C=O) groups is 1. The van der Waals surface area contributed by atoms with Crippen LogP contribution in [0.2, 0.25) is 0 Å². The van der Waals surface area contributed by atoms with E-state index in [1.54, 1.807) is 24.3 Å². The minimum absolute atomic E-state index is 0.0151. The van der Waals surface area contributed by atoms with Gasteiger partial charge in [0.15, 0.2) is 0 Å². The van der Waals surface area contributed by atoms with Gasteiger partial charge in [0.05, 0.1) is 11.0 Å². The van der Waals surface area contributed by atoms with Gasteiger partial charge in [0.1, 0.15) is 0 Å². The molecule has 6 heteroatoms. The maximum Gasteiger partial charge on any atom is 0.269 e. The van der Waals surface area contributed by atoms with Crippen molar-refractivity contribution in [3.05, 3.63) is 69.8 Å². The standard InChI is InChI=1S/C20H25N3O3/c1-5-22(14(2)3)18-11-9-16(10-12-18)20(24)21-15(4)17-7-6-8-19(13-17)23(25)26/h6-15H,5H2,1-4H3,(H,21,24). The van der Waals surface area contributed by atoms with E-state index in [0.717, 1.165) is 12.2 Å². The van der Waals surface area contributed by atoms with Crippen LogP contribution in [0.4, 0.5) is 11.4 Å². The average Bonchev–Trinajstić information content (AvgIpc) is 2.62. The van der Waals surface area contributed by atoms with Crippen LogP contribution in [0, 0.1) is 10.1 Å². The second kappa shape index (κ2) is 8.47. The van der Waals surface area contributed by atoms with E-state index in [1.165, 1.54) is 12.1 Å². The third-order valence-electron chi connectivity index (χ3n) is 4.35. The highest BCUT2D eigenvalue weighted by Crippen LogP contribution is 2.21.